The number of methoxy groups -OCH3 is 3. The molecule has 0 radical (unpaired) electrons. The molecule has 112 valence electrons. The van der Waals surface area contributed by atoms with Gasteiger partial charge in [-0.05, 0) is 13.9 Å². The summed E-state index contributed by atoms with van der Waals surface area (Å²) in [6.45, 7) is 0. The van der Waals surface area contributed by atoms with E-state index in [0.29, 0.717) is 22.8 Å². The van der Waals surface area contributed by atoms with Crippen molar-refractivity contribution >= 4 is 38.3 Å². The molecule has 2 aromatic rings. The standard InChI is InChI=1S/C16H17O4P.Li.H/c1-18-11-9-13(19-2)15(14(10-11)20-3)16(17)21-12-7-5-4-6-8-12;;/h4-10,21H,1-3H3;;. The van der Waals surface area contributed by atoms with E-state index < -0.39 is 0 Å². The van der Waals surface area contributed by atoms with Gasteiger partial charge in [0.1, 0.15) is 22.8 Å². The van der Waals surface area contributed by atoms with Crippen molar-refractivity contribution in [2.75, 3.05) is 21.3 Å². The third kappa shape index (κ3) is 4.27. The van der Waals surface area contributed by atoms with Crippen LogP contribution in [0.4, 0.5) is 0 Å². The Labute approximate surface area is 144 Å². The molecule has 6 heteroatoms. The molecule has 22 heavy (non-hydrogen) atoms. The van der Waals surface area contributed by atoms with Crippen molar-refractivity contribution in [3.05, 3.63) is 48.0 Å². The molecule has 0 spiro atoms. The molecule has 0 heterocycles. The second kappa shape index (κ2) is 8.85. The maximum absolute atomic E-state index is 12.6. The van der Waals surface area contributed by atoms with Crippen LogP contribution in [0.25, 0.3) is 0 Å². The summed E-state index contributed by atoms with van der Waals surface area (Å²) in [5.74, 6) is 1.50. The summed E-state index contributed by atoms with van der Waals surface area (Å²) in [5.41, 5.74) is 0.417. The molecule has 4 nitrogen and oxygen atoms in total. The first-order valence-corrected chi connectivity index (χ1v) is 7.36. The molecule has 1 unspecified atom stereocenters. The van der Waals surface area contributed by atoms with Crippen LogP contribution in [-0.2, 0) is 0 Å². The Bertz CT molecular complexity index is 606. The summed E-state index contributed by atoms with van der Waals surface area (Å²) in [7, 11) is 4.62. The number of ether oxygens (including phenoxy) is 3. The fourth-order valence-corrected chi connectivity index (χ4v) is 2.94. The molecule has 0 N–H and O–H groups in total. The number of hydrogen-bond acceptors (Lipinski definition) is 4. The van der Waals surface area contributed by atoms with E-state index in [-0.39, 0.29) is 33.0 Å². The van der Waals surface area contributed by atoms with Crippen LogP contribution in [-0.4, -0.2) is 45.7 Å². The first-order chi connectivity index (χ1) is 10.2. The van der Waals surface area contributed by atoms with E-state index in [0.717, 1.165) is 5.30 Å². The van der Waals surface area contributed by atoms with E-state index in [1.165, 1.54) is 14.2 Å². The van der Waals surface area contributed by atoms with Crippen LogP contribution in [0.1, 0.15) is 10.4 Å². The van der Waals surface area contributed by atoms with Gasteiger partial charge < -0.3 is 14.2 Å². The first kappa shape index (κ1) is 18.6. The third-order valence-corrected chi connectivity index (χ3v) is 4.07. The zero-order chi connectivity index (χ0) is 15.2. The first-order valence-electron chi connectivity index (χ1n) is 6.36. The van der Waals surface area contributed by atoms with E-state index in [9.17, 15) is 4.79 Å². The molecule has 2 rings (SSSR count). The summed E-state index contributed by atoms with van der Waals surface area (Å²) in [6, 6.07) is 13.0. The molecule has 0 aromatic heterocycles. The zero-order valence-electron chi connectivity index (χ0n) is 12.2. The molecule has 1 atom stereocenters. The van der Waals surface area contributed by atoms with E-state index in [1.807, 2.05) is 30.3 Å². The van der Waals surface area contributed by atoms with Crippen LogP contribution in [0.3, 0.4) is 0 Å². The van der Waals surface area contributed by atoms with E-state index in [4.69, 9.17) is 14.2 Å². The van der Waals surface area contributed by atoms with Crippen LogP contribution in [0.5, 0.6) is 17.2 Å². The molecule has 0 saturated heterocycles. The number of benzene rings is 2. The summed E-state index contributed by atoms with van der Waals surface area (Å²) in [6.07, 6.45) is 0. The SMILES string of the molecule is COc1cc(OC)c(C(=O)Pc2ccccc2)c(OC)c1.[LiH]. The predicted octanol–water partition coefficient (Wildman–Crippen LogP) is 2.21. The molecule has 0 aliphatic rings. The minimum absolute atomic E-state index is 0. The van der Waals surface area contributed by atoms with Crippen LogP contribution in [0.2, 0.25) is 0 Å². The van der Waals surface area contributed by atoms with Crippen LogP contribution >= 0.6 is 8.58 Å². The van der Waals surface area contributed by atoms with Crippen molar-refractivity contribution in [3.8, 4) is 17.2 Å². The van der Waals surface area contributed by atoms with Gasteiger partial charge >= 0.3 is 18.9 Å². The monoisotopic (exact) mass is 312 g/mol. The summed E-state index contributed by atoms with van der Waals surface area (Å²) < 4.78 is 15.8. The topological polar surface area (TPSA) is 44.8 Å². The molecular formula is C16H18LiO4P. The molecule has 2 aromatic carbocycles. The number of carbonyl (C=O) groups is 1. The van der Waals surface area contributed by atoms with Gasteiger partial charge in [-0.3, -0.25) is 4.79 Å². The molecule has 0 aliphatic heterocycles. The van der Waals surface area contributed by atoms with Gasteiger partial charge in [-0.2, -0.15) is 0 Å². The number of rotatable bonds is 6. The minimum atomic E-state index is -0.0300. The van der Waals surface area contributed by atoms with Gasteiger partial charge in [0.25, 0.3) is 0 Å². The van der Waals surface area contributed by atoms with Gasteiger partial charge in [0, 0.05) is 12.1 Å². The molecule has 0 fully saturated rings. The third-order valence-electron chi connectivity index (χ3n) is 2.97. The molecule has 0 saturated carbocycles. The van der Waals surface area contributed by atoms with E-state index in [2.05, 4.69) is 0 Å². The van der Waals surface area contributed by atoms with Crippen LogP contribution in [0.15, 0.2) is 42.5 Å². The van der Waals surface area contributed by atoms with Gasteiger partial charge in [0.15, 0.2) is 5.52 Å². The van der Waals surface area contributed by atoms with Gasteiger partial charge in [-0.15, -0.1) is 0 Å². The van der Waals surface area contributed by atoms with Crippen molar-refractivity contribution in [1.29, 1.82) is 0 Å². The van der Waals surface area contributed by atoms with Gasteiger partial charge in [0.2, 0.25) is 0 Å². The zero-order valence-corrected chi connectivity index (χ0v) is 13.2. The fraction of sp³-hybridized carbons (Fsp3) is 0.188. The second-order valence-corrected chi connectivity index (χ2v) is 5.51. The Morgan fingerprint density at radius 3 is 1.91 bits per heavy atom. The van der Waals surface area contributed by atoms with Crippen molar-refractivity contribution < 1.29 is 19.0 Å². The average molecular weight is 312 g/mol. The van der Waals surface area contributed by atoms with Crippen molar-refractivity contribution in [1.82, 2.24) is 0 Å². The van der Waals surface area contributed by atoms with Crippen molar-refractivity contribution in [2.45, 2.75) is 0 Å². The fourth-order valence-electron chi connectivity index (χ4n) is 1.94. The predicted molar refractivity (Wildman–Crippen MR) is 92.0 cm³/mol. The summed E-state index contributed by atoms with van der Waals surface area (Å²) in [5, 5.41) is 0.974. The van der Waals surface area contributed by atoms with Crippen molar-refractivity contribution in [2.24, 2.45) is 0 Å². The number of hydrogen-bond donors (Lipinski definition) is 0. The molecule has 0 aliphatic carbocycles. The molecule has 0 bridgehead atoms. The van der Waals surface area contributed by atoms with Crippen LogP contribution < -0.4 is 19.5 Å². The Kier molecular flexibility index (Phi) is 7.48. The quantitative estimate of drug-likeness (QED) is 0.606. The van der Waals surface area contributed by atoms with Gasteiger partial charge in [-0.1, -0.05) is 30.3 Å². The molecular weight excluding hydrogens is 294 g/mol. The van der Waals surface area contributed by atoms with Crippen LogP contribution in [0, 0.1) is 0 Å². The molecule has 0 amide bonds. The Morgan fingerprint density at radius 2 is 1.45 bits per heavy atom. The number of carbonyl (C=O) groups excluding carboxylic acids is 1. The van der Waals surface area contributed by atoms with Gasteiger partial charge in [-0.25, -0.2) is 0 Å². The normalized spacial score (nSPS) is 10.1. The summed E-state index contributed by atoms with van der Waals surface area (Å²) >= 11 is 0. The van der Waals surface area contributed by atoms with Crippen molar-refractivity contribution in [3.63, 3.8) is 0 Å². The van der Waals surface area contributed by atoms with E-state index in [1.54, 1.807) is 19.2 Å². The summed E-state index contributed by atoms with van der Waals surface area (Å²) in [4.78, 5) is 12.6. The Hall–Kier alpha value is -1.46. The van der Waals surface area contributed by atoms with E-state index >= 15 is 0 Å². The average Bonchev–Trinajstić information content (AvgIpc) is 2.54. The van der Waals surface area contributed by atoms with Gasteiger partial charge in [0.05, 0.1) is 21.3 Å². The second-order valence-electron chi connectivity index (χ2n) is 4.23. The Morgan fingerprint density at radius 1 is 0.909 bits per heavy atom. The Balaban J connectivity index is 0.00000242. The maximum atomic E-state index is 12.6.